The second-order valence-corrected chi connectivity index (χ2v) is 3.87. The Labute approximate surface area is 89.4 Å². The molecule has 0 radical (unpaired) electrons. The molecule has 0 spiro atoms. The molecule has 1 amide bonds. The van der Waals surface area contributed by atoms with Gasteiger partial charge in [-0.1, -0.05) is 30.3 Å². The van der Waals surface area contributed by atoms with Gasteiger partial charge in [0.25, 0.3) is 0 Å². The molecule has 1 heterocycles. The molecule has 1 aromatic rings. The molecule has 3 heteroatoms. The summed E-state index contributed by atoms with van der Waals surface area (Å²) in [5.41, 5.74) is 1.23. The van der Waals surface area contributed by atoms with Crippen molar-refractivity contribution in [2.24, 2.45) is 0 Å². The molecule has 1 fully saturated rings. The quantitative estimate of drug-likeness (QED) is 0.749. The second-order valence-electron chi connectivity index (χ2n) is 3.87. The standard InChI is InChI=1S/C12H15NO2/c1-9(14)13-11(12-8-15-12)7-10-5-3-2-4-6-10/h2-6,11-12H,7-8H2,1H3,(H,13,14). The van der Waals surface area contributed by atoms with E-state index < -0.39 is 0 Å². The number of benzene rings is 1. The lowest BCUT2D eigenvalue weighted by atomic mass is 10.0. The first-order valence-corrected chi connectivity index (χ1v) is 5.18. The minimum Gasteiger partial charge on any atom is -0.371 e. The van der Waals surface area contributed by atoms with Crippen LogP contribution in [0, 0.1) is 0 Å². The smallest absolute Gasteiger partial charge is 0.217 e. The lowest BCUT2D eigenvalue weighted by molar-refractivity contribution is -0.119. The summed E-state index contributed by atoms with van der Waals surface area (Å²) in [4.78, 5) is 11.0. The topological polar surface area (TPSA) is 41.6 Å². The highest BCUT2D eigenvalue weighted by atomic mass is 16.6. The zero-order valence-electron chi connectivity index (χ0n) is 8.77. The number of ether oxygens (including phenoxy) is 1. The van der Waals surface area contributed by atoms with Crippen LogP contribution in [0.15, 0.2) is 30.3 Å². The molecule has 2 atom stereocenters. The van der Waals surface area contributed by atoms with Crippen molar-refractivity contribution in [3.05, 3.63) is 35.9 Å². The molecule has 3 nitrogen and oxygen atoms in total. The first-order valence-electron chi connectivity index (χ1n) is 5.18. The van der Waals surface area contributed by atoms with Crippen molar-refractivity contribution < 1.29 is 9.53 Å². The van der Waals surface area contributed by atoms with E-state index in [-0.39, 0.29) is 18.1 Å². The van der Waals surface area contributed by atoms with Gasteiger partial charge in [0.2, 0.25) is 5.91 Å². The Morgan fingerprint density at radius 3 is 2.73 bits per heavy atom. The lowest BCUT2D eigenvalue weighted by Crippen LogP contribution is -2.39. The molecular formula is C12H15NO2. The van der Waals surface area contributed by atoms with Crippen LogP contribution in [0.5, 0.6) is 0 Å². The molecule has 0 saturated carbocycles. The molecule has 15 heavy (non-hydrogen) atoms. The van der Waals surface area contributed by atoms with Crippen LogP contribution >= 0.6 is 0 Å². The monoisotopic (exact) mass is 205 g/mol. The summed E-state index contributed by atoms with van der Waals surface area (Å²) in [5, 5.41) is 2.93. The van der Waals surface area contributed by atoms with Crippen LogP contribution in [0.2, 0.25) is 0 Å². The summed E-state index contributed by atoms with van der Waals surface area (Å²) < 4.78 is 5.23. The van der Waals surface area contributed by atoms with Crippen molar-refractivity contribution >= 4 is 5.91 Å². The van der Waals surface area contributed by atoms with E-state index in [9.17, 15) is 4.79 Å². The van der Waals surface area contributed by atoms with Gasteiger partial charge in [-0.05, 0) is 12.0 Å². The Morgan fingerprint density at radius 2 is 2.20 bits per heavy atom. The third-order valence-electron chi connectivity index (χ3n) is 2.49. The van der Waals surface area contributed by atoms with Crippen LogP contribution in [0.1, 0.15) is 12.5 Å². The van der Waals surface area contributed by atoms with Gasteiger partial charge in [0.05, 0.1) is 12.6 Å². The van der Waals surface area contributed by atoms with Crippen LogP contribution in [0.3, 0.4) is 0 Å². The van der Waals surface area contributed by atoms with Crippen LogP contribution in [0.4, 0.5) is 0 Å². The molecule has 1 aliphatic heterocycles. The van der Waals surface area contributed by atoms with Gasteiger partial charge in [0.1, 0.15) is 6.10 Å². The minimum absolute atomic E-state index is 0.00595. The van der Waals surface area contributed by atoms with Gasteiger partial charge < -0.3 is 10.1 Å². The van der Waals surface area contributed by atoms with Gasteiger partial charge in [-0.2, -0.15) is 0 Å². The van der Waals surface area contributed by atoms with E-state index in [0.717, 1.165) is 13.0 Å². The maximum Gasteiger partial charge on any atom is 0.217 e. The molecule has 0 bridgehead atoms. The number of rotatable bonds is 4. The summed E-state index contributed by atoms with van der Waals surface area (Å²) in [5.74, 6) is 0.00595. The number of amides is 1. The van der Waals surface area contributed by atoms with E-state index >= 15 is 0 Å². The fourth-order valence-corrected chi connectivity index (χ4v) is 1.69. The summed E-state index contributed by atoms with van der Waals surface area (Å²) in [7, 11) is 0. The number of carbonyl (C=O) groups is 1. The Kier molecular flexibility index (Phi) is 3.02. The van der Waals surface area contributed by atoms with Crippen molar-refractivity contribution in [3.8, 4) is 0 Å². The SMILES string of the molecule is CC(=O)NC(Cc1ccccc1)C1CO1. The molecule has 1 saturated heterocycles. The van der Waals surface area contributed by atoms with Crippen LogP contribution in [-0.2, 0) is 16.0 Å². The molecule has 2 unspecified atom stereocenters. The highest BCUT2D eigenvalue weighted by molar-refractivity contribution is 5.73. The first-order chi connectivity index (χ1) is 7.25. The maximum absolute atomic E-state index is 11.0. The van der Waals surface area contributed by atoms with Gasteiger partial charge >= 0.3 is 0 Å². The summed E-state index contributed by atoms with van der Waals surface area (Å²) in [6.45, 7) is 2.30. The fraction of sp³-hybridized carbons (Fsp3) is 0.417. The van der Waals surface area contributed by atoms with Gasteiger partial charge in [-0.15, -0.1) is 0 Å². The Morgan fingerprint density at radius 1 is 1.53 bits per heavy atom. The van der Waals surface area contributed by atoms with Gasteiger partial charge in [0, 0.05) is 6.92 Å². The predicted octanol–water partition coefficient (Wildman–Crippen LogP) is 1.13. The molecule has 0 aliphatic carbocycles. The van der Waals surface area contributed by atoms with Crippen molar-refractivity contribution in [3.63, 3.8) is 0 Å². The summed E-state index contributed by atoms with van der Waals surface area (Å²) >= 11 is 0. The van der Waals surface area contributed by atoms with Gasteiger partial charge in [-0.25, -0.2) is 0 Å². The number of nitrogens with one attached hydrogen (secondary N) is 1. The predicted molar refractivity (Wildman–Crippen MR) is 57.5 cm³/mol. The molecule has 80 valence electrons. The fourth-order valence-electron chi connectivity index (χ4n) is 1.69. The normalized spacial score (nSPS) is 20.7. The van der Waals surface area contributed by atoms with E-state index in [0.29, 0.717) is 0 Å². The molecule has 1 N–H and O–H groups in total. The molecule has 0 aromatic heterocycles. The third kappa shape index (κ3) is 3.06. The van der Waals surface area contributed by atoms with E-state index in [2.05, 4.69) is 17.4 Å². The maximum atomic E-state index is 11.0. The van der Waals surface area contributed by atoms with E-state index in [1.54, 1.807) is 6.92 Å². The van der Waals surface area contributed by atoms with Crippen molar-refractivity contribution in [1.29, 1.82) is 0 Å². The van der Waals surface area contributed by atoms with Gasteiger partial charge in [-0.3, -0.25) is 4.79 Å². The summed E-state index contributed by atoms with van der Waals surface area (Å²) in [6, 6.07) is 10.3. The Hall–Kier alpha value is -1.35. The highest BCUT2D eigenvalue weighted by Gasteiger charge is 2.33. The van der Waals surface area contributed by atoms with Crippen molar-refractivity contribution in [2.45, 2.75) is 25.5 Å². The minimum atomic E-state index is 0.00595. The van der Waals surface area contributed by atoms with Gasteiger partial charge in [0.15, 0.2) is 0 Å². The van der Waals surface area contributed by atoms with Crippen molar-refractivity contribution in [2.75, 3.05) is 6.61 Å². The van der Waals surface area contributed by atoms with Crippen LogP contribution in [-0.4, -0.2) is 24.7 Å². The van der Waals surface area contributed by atoms with E-state index in [1.807, 2.05) is 18.2 Å². The first kappa shape index (κ1) is 10.2. The second kappa shape index (κ2) is 4.45. The van der Waals surface area contributed by atoms with Crippen molar-refractivity contribution in [1.82, 2.24) is 5.32 Å². The molecule has 1 aliphatic rings. The van der Waals surface area contributed by atoms with E-state index in [4.69, 9.17) is 4.74 Å². The Bertz CT molecular complexity index is 333. The number of epoxide rings is 1. The zero-order chi connectivity index (χ0) is 10.7. The van der Waals surface area contributed by atoms with Crippen LogP contribution < -0.4 is 5.32 Å². The largest absolute Gasteiger partial charge is 0.371 e. The number of carbonyl (C=O) groups excluding carboxylic acids is 1. The van der Waals surface area contributed by atoms with E-state index in [1.165, 1.54) is 5.56 Å². The Balaban J connectivity index is 1.97. The lowest BCUT2D eigenvalue weighted by Gasteiger charge is -2.15. The molecule has 1 aromatic carbocycles. The number of hydrogen-bond acceptors (Lipinski definition) is 2. The average Bonchev–Trinajstić information content (AvgIpc) is 3.01. The number of hydrogen-bond donors (Lipinski definition) is 1. The molecular weight excluding hydrogens is 190 g/mol. The highest BCUT2D eigenvalue weighted by Crippen LogP contribution is 2.17. The van der Waals surface area contributed by atoms with Crippen LogP contribution in [0.25, 0.3) is 0 Å². The average molecular weight is 205 g/mol. The third-order valence-corrected chi connectivity index (χ3v) is 2.49. The molecule has 2 rings (SSSR count). The summed E-state index contributed by atoms with van der Waals surface area (Å²) in [6.07, 6.45) is 1.04. The zero-order valence-corrected chi connectivity index (χ0v) is 8.77.